The second-order valence-corrected chi connectivity index (χ2v) is 7.67. The highest BCUT2D eigenvalue weighted by molar-refractivity contribution is 5.87. The maximum Gasteiger partial charge on any atom is 0.242 e. The largest absolute Gasteiger partial charge is 0.490 e. The number of benzene rings is 2. The zero-order chi connectivity index (χ0) is 23.5. The maximum atomic E-state index is 13.3. The van der Waals surface area contributed by atoms with E-state index in [-0.39, 0.29) is 11.8 Å². The van der Waals surface area contributed by atoms with E-state index >= 15 is 0 Å². The number of hydrogen-bond donors (Lipinski definition) is 1. The fourth-order valence-electron chi connectivity index (χ4n) is 3.52. The highest BCUT2D eigenvalue weighted by Gasteiger charge is 2.26. The Balaban J connectivity index is 2.17. The average Bonchev–Trinajstić information content (AvgIpc) is 2.78. The Bertz CT molecular complexity index is 897. The number of carbonyl (C=O) groups is 2. The van der Waals surface area contributed by atoms with Gasteiger partial charge in [0.05, 0.1) is 13.2 Å². The number of nitrogens with zero attached hydrogens (tertiary/aromatic N) is 1. The van der Waals surface area contributed by atoms with Crippen molar-refractivity contribution in [1.82, 2.24) is 10.2 Å². The zero-order valence-corrected chi connectivity index (χ0v) is 19.9. The molecule has 0 aliphatic rings. The standard InChI is InChI=1S/C26H36N2O4/c1-6-27-26(30)20(5)28(18-22-12-10-9-11-19(22)4)25(29)16-14-21-13-15-23(31-7-2)24(17-21)32-8-3/h9-13,15,17,20H,6-8,14,16,18H2,1-5H3,(H,27,30)/t20-/m0/s1. The van der Waals surface area contributed by atoms with Gasteiger partial charge in [0, 0.05) is 19.5 Å². The molecule has 0 spiro atoms. The summed E-state index contributed by atoms with van der Waals surface area (Å²) in [7, 11) is 0. The molecule has 0 bridgehead atoms. The summed E-state index contributed by atoms with van der Waals surface area (Å²) < 4.78 is 11.3. The van der Waals surface area contributed by atoms with Gasteiger partial charge in [-0.1, -0.05) is 30.3 Å². The maximum absolute atomic E-state index is 13.3. The van der Waals surface area contributed by atoms with Crippen molar-refractivity contribution in [3.05, 3.63) is 59.2 Å². The van der Waals surface area contributed by atoms with Crippen molar-refractivity contribution < 1.29 is 19.1 Å². The molecular weight excluding hydrogens is 404 g/mol. The predicted octanol–water partition coefficient (Wildman–Crippen LogP) is 4.28. The Morgan fingerprint density at radius 3 is 2.34 bits per heavy atom. The van der Waals surface area contributed by atoms with E-state index in [0.717, 1.165) is 16.7 Å². The number of rotatable bonds is 12. The van der Waals surface area contributed by atoms with E-state index in [1.807, 2.05) is 70.2 Å². The molecule has 32 heavy (non-hydrogen) atoms. The van der Waals surface area contributed by atoms with Crippen LogP contribution in [0.5, 0.6) is 11.5 Å². The minimum atomic E-state index is -0.554. The lowest BCUT2D eigenvalue weighted by atomic mass is 10.1. The molecule has 0 fully saturated rings. The average molecular weight is 441 g/mol. The zero-order valence-electron chi connectivity index (χ0n) is 19.9. The van der Waals surface area contributed by atoms with Crippen LogP contribution in [-0.2, 0) is 22.6 Å². The van der Waals surface area contributed by atoms with Crippen LogP contribution in [0.1, 0.15) is 50.8 Å². The third-order valence-corrected chi connectivity index (χ3v) is 5.36. The van der Waals surface area contributed by atoms with Crippen LogP contribution in [0.15, 0.2) is 42.5 Å². The van der Waals surface area contributed by atoms with Crippen LogP contribution in [0, 0.1) is 6.92 Å². The quantitative estimate of drug-likeness (QED) is 0.535. The van der Waals surface area contributed by atoms with Gasteiger partial charge >= 0.3 is 0 Å². The smallest absolute Gasteiger partial charge is 0.242 e. The molecule has 6 nitrogen and oxygen atoms in total. The number of carbonyl (C=O) groups excluding carboxylic acids is 2. The molecule has 2 rings (SSSR count). The number of likely N-dealkylation sites (N-methyl/N-ethyl adjacent to an activating group) is 1. The molecule has 0 aliphatic carbocycles. The van der Waals surface area contributed by atoms with E-state index in [9.17, 15) is 9.59 Å². The van der Waals surface area contributed by atoms with Crippen LogP contribution in [0.4, 0.5) is 0 Å². The molecule has 0 saturated carbocycles. The van der Waals surface area contributed by atoms with Crippen molar-refractivity contribution in [3.63, 3.8) is 0 Å². The fourth-order valence-corrected chi connectivity index (χ4v) is 3.52. The molecule has 6 heteroatoms. The number of ether oxygens (including phenoxy) is 2. The summed E-state index contributed by atoms with van der Waals surface area (Å²) in [6.45, 7) is 11.6. The molecule has 2 amide bonds. The molecule has 174 valence electrons. The predicted molar refractivity (Wildman–Crippen MR) is 127 cm³/mol. The fraction of sp³-hybridized carbons (Fsp3) is 0.462. The topological polar surface area (TPSA) is 67.9 Å². The molecule has 1 N–H and O–H groups in total. The number of amides is 2. The highest BCUT2D eigenvalue weighted by Crippen LogP contribution is 2.29. The minimum absolute atomic E-state index is 0.0566. The first-order chi connectivity index (χ1) is 15.4. The molecule has 2 aromatic carbocycles. The van der Waals surface area contributed by atoms with Crippen molar-refractivity contribution in [3.8, 4) is 11.5 Å². The minimum Gasteiger partial charge on any atom is -0.490 e. The van der Waals surface area contributed by atoms with Gasteiger partial charge in [-0.3, -0.25) is 9.59 Å². The van der Waals surface area contributed by atoms with Gasteiger partial charge in [0.1, 0.15) is 6.04 Å². The summed E-state index contributed by atoms with van der Waals surface area (Å²) in [4.78, 5) is 27.4. The normalized spacial score (nSPS) is 11.5. The van der Waals surface area contributed by atoms with E-state index < -0.39 is 6.04 Å². The van der Waals surface area contributed by atoms with Crippen LogP contribution < -0.4 is 14.8 Å². The molecular formula is C26H36N2O4. The second-order valence-electron chi connectivity index (χ2n) is 7.67. The molecule has 0 unspecified atom stereocenters. The van der Waals surface area contributed by atoms with Crippen molar-refractivity contribution >= 4 is 11.8 Å². The van der Waals surface area contributed by atoms with Gasteiger partial charge in [0.2, 0.25) is 11.8 Å². The van der Waals surface area contributed by atoms with Gasteiger partial charge < -0.3 is 19.7 Å². The van der Waals surface area contributed by atoms with Gasteiger partial charge in [0.15, 0.2) is 11.5 Å². The van der Waals surface area contributed by atoms with Gasteiger partial charge in [-0.15, -0.1) is 0 Å². The first kappa shape index (κ1) is 25.2. The number of hydrogen-bond acceptors (Lipinski definition) is 4. The Labute approximate surface area is 191 Å². The molecule has 2 aromatic rings. The Hall–Kier alpha value is -3.02. The Morgan fingerprint density at radius 2 is 1.69 bits per heavy atom. The van der Waals surface area contributed by atoms with E-state index in [4.69, 9.17) is 9.47 Å². The van der Waals surface area contributed by atoms with Crippen LogP contribution in [-0.4, -0.2) is 42.5 Å². The van der Waals surface area contributed by atoms with Crippen LogP contribution in [0.25, 0.3) is 0 Å². The van der Waals surface area contributed by atoms with Crippen LogP contribution in [0.2, 0.25) is 0 Å². The molecule has 0 aromatic heterocycles. The molecule has 1 atom stereocenters. The van der Waals surface area contributed by atoms with Gasteiger partial charge in [-0.25, -0.2) is 0 Å². The van der Waals surface area contributed by atoms with Crippen molar-refractivity contribution in [2.24, 2.45) is 0 Å². The summed E-state index contributed by atoms with van der Waals surface area (Å²) >= 11 is 0. The number of aryl methyl sites for hydroxylation is 2. The Kier molecular flexibility index (Phi) is 10.1. The number of nitrogens with one attached hydrogen (secondary N) is 1. The van der Waals surface area contributed by atoms with Gasteiger partial charge in [0.25, 0.3) is 0 Å². The molecule has 0 radical (unpaired) electrons. The van der Waals surface area contributed by atoms with Crippen molar-refractivity contribution in [2.75, 3.05) is 19.8 Å². The lowest BCUT2D eigenvalue weighted by Crippen LogP contribution is -2.47. The second kappa shape index (κ2) is 12.7. The Morgan fingerprint density at radius 1 is 1.00 bits per heavy atom. The highest BCUT2D eigenvalue weighted by atomic mass is 16.5. The van der Waals surface area contributed by atoms with Crippen LogP contribution >= 0.6 is 0 Å². The third kappa shape index (κ3) is 7.01. The molecule has 0 saturated heterocycles. The van der Waals surface area contributed by atoms with E-state index in [1.165, 1.54) is 0 Å². The summed E-state index contributed by atoms with van der Waals surface area (Å²) in [5.41, 5.74) is 3.13. The monoisotopic (exact) mass is 440 g/mol. The SMILES string of the molecule is CCNC(=O)[C@H](C)N(Cc1ccccc1C)C(=O)CCc1ccc(OCC)c(OCC)c1. The third-order valence-electron chi connectivity index (χ3n) is 5.36. The van der Waals surface area contributed by atoms with Gasteiger partial charge in [-0.05, 0) is 69.9 Å². The lowest BCUT2D eigenvalue weighted by Gasteiger charge is -2.29. The molecule has 0 heterocycles. The van der Waals surface area contributed by atoms with E-state index in [2.05, 4.69) is 5.32 Å². The summed E-state index contributed by atoms with van der Waals surface area (Å²) in [6.07, 6.45) is 0.854. The van der Waals surface area contributed by atoms with E-state index in [0.29, 0.717) is 50.6 Å². The van der Waals surface area contributed by atoms with Crippen molar-refractivity contribution in [1.29, 1.82) is 0 Å². The summed E-state index contributed by atoms with van der Waals surface area (Å²) in [6, 6.07) is 13.2. The van der Waals surface area contributed by atoms with Gasteiger partial charge in [-0.2, -0.15) is 0 Å². The lowest BCUT2D eigenvalue weighted by molar-refractivity contribution is -0.140. The first-order valence-electron chi connectivity index (χ1n) is 11.4. The van der Waals surface area contributed by atoms with E-state index in [1.54, 1.807) is 11.8 Å². The molecule has 0 aliphatic heterocycles. The summed E-state index contributed by atoms with van der Waals surface area (Å²) in [5.74, 6) is 1.19. The van der Waals surface area contributed by atoms with Crippen LogP contribution in [0.3, 0.4) is 0 Å². The van der Waals surface area contributed by atoms with Crippen molar-refractivity contribution in [2.45, 2.75) is 60.0 Å². The summed E-state index contributed by atoms with van der Waals surface area (Å²) in [5, 5.41) is 2.83. The first-order valence-corrected chi connectivity index (χ1v) is 11.4.